The van der Waals surface area contributed by atoms with Crippen LogP contribution in [0.4, 0.5) is 0 Å². The summed E-state index contributed by atoms with van der Waals surface area (Å²) < 4.78 is 4.97. The maximum atomic E-state index is 11.4. The fourth-order valence-corrected chi connectivity index (χ4v) is 1.76. The molecule has 1 unspecified atom stereocenters. The summed E-state index contributed by atoms with van der Waals surface area (Å²) in [6, 6.07) is 10.3. The van der Waals surface area contributed by atoms with Gasteiger partial charge in [-0.3, -0.25) is 4.79 Å². The van der Waals surface area contributed by atoms with Crippen molar-refractivity contribution in [2.75, 3.05) is 6.61 Å². The lowest BCUT2D eigenvalue weighted by molar-refractivity contribution is -0.144. The third kappa shape index (κ3) is 4.47. The largest absolute Gasteiger partial charge is 0.466 e. The summed E-state index contributed by atoms with van der Waals surface area (Å²) in [7, 11) is 0. The minimum absolute atomic E-state index is 0.0784. The van der Waals surface area contributed by atoms with Gasteiger partial charge in [-0.25, -0.2) is 0 Å². The zero-order chi connectivity index (χ0) is 11.8. The lowest BCUT2D eigenvalue weighted by atomic mass is 9.94. The standard InChI is InChI=1S/C14H20O2/c1-3-12(11-14(15)16-4-2)10-13-8-6-5-7-9-13/h5-9,12H,3-4,10-11H2,1-2H3. The third-order valence-electron chi connectivity index (χ3n) is 2.71. The number of carbonyl (C=O) groups excluding carboxylic acids is 1. The fourth-order valence-electron chi connectivity index (χ4n) is 1.76. The molecule has 1 rings (SSSR count). The smallest absolute Gasteiger partial charge is 0.306 e. The molecule has 88 valence electrons. The maximum Gasteiger partial charge on any atom is 0.306 e. The molecular weight excluding hydrogens is 200 g/mol. The molecular formula is C14H20O2. The van der Waals surface area contributed by atoms with Crippen molar-refractivity contribution in [3.05, 3.63) is 35.9 Å². The Morgan fingerprint density at radius 3 is 2.50 bits per heavy atom. The molecule has 0 bridgehead atoms. The van der Waals surface area contributed by atoms with Crippen LogP contribution in [0, 0.1) is 5.92 Å². The molecule has 1 atom stereocenters. The van der Waals surface area contributed by atoms with E-state index in [1.54, 1.807) is 0 Å². The highest BCUT2D eigenvalue weighted by molar-refractivity contribution is 5.69. The number of carbonyl (C=O) groups is 1. The number of esters is 1. The van der Waals surface area contributed by atoms with Crippen molar-refractivity contribution >= 4 is 5.97 Å². The van der Waals surface area contributed by atoms with E-state index in [1.807, 2.05) is 25.1 Å². The van der Waals surface area contributed by atoms with Gasteiger partial charge in [0.2, 0.25) is 0 Å². The van der Waals surface area contributed by atoms with Crippen LogP contribution in [0.15, 0.2) is 30.3 Å². The lowest BCUT2D eigenvalue weighted by Crippen LogP contribution is -2.13. The van der Waals surface area contributed by atoms with Gasteiger partial charge in [0.1, 0.15) is 0 Å². The highest BCUT2D eigenvalue weighted by atomic mass is 16.5. The van der Waals surface area contributed by atoms with Gasteiger partial charge in [-0.15, -0.1) is 0 Å². The van der Waals surface area contributed by atoms with Gasteiger partial charge in [0.05, 0.1) is 6.61 Å². The highest BCUT2D eigenvalue weighted by Crippen LogP contribution is 2.16. The number of ether oxygens (including phenoxy) is 1. The molecule has 0 saturated heterocycles. The van der Waals surface area contributed by atoms with Crippen molar-refractivity contribution in [1.82, 2.24) is 0 Å². The zero-order valence-corrected chi connectivity index (χ0v) is 10.1. The summed E-state index contributed by atoms with van der Waals surface area (Å²) in [5, 5.41) is 0. The Labute approximate surface area is 97.6 Å². The molecule has 0 fully saturated rings. The molecule has 2 heteroatoms. The van der Waals surface area contributed by atoms with Gasteiger partial charge in [0.25, 0.3) is 0 Å². The van der Waals surface area contributed by atoms with Crippen LogP contribution in [-0.4, -0.2) is 12.6 Å². The zero-order valence-electron chi connectivity index (χ0n) is 10.1. The summed E-state index contributed by atoms with van der Waals surface area (Å²) in [6.07, 6.45) is 2.49. The quantitative estimate of drug-likeness (QED) is 0.688. The Kier molecular flexibility index (Phi) is 5.62. The molecule has 0 amide bonds. The van der Waals surface area contributed by atoms with E-state index in [1.165, 1.54) is 5.56 Å². The van der Waals surface area contributed by atoms with Gasteiger partial charge in [0.15, 0.2) is 0 Å². The van der Waals surface area contributed by atoms with E-state index in [-0.39, 0.29) is 5.97 Å². The third-order valence-corrected chi connectivity index (χ3v) is 2.71. The van der Waals surface area contributed by atoms with Crippen molar-refractivity contribution < 1.29 is 9.53 Å². The van der Waals surface area contributed by atoms with Crippen LogP contribution in [-0.2, 0) is 16.0 Å². The van der Waals surface area contributed by atoms with Crippen LogP contribution < -0.4 is 0 Å². The summed E-state index contributed by atoms with van der Waals surface area (Å²) in [6.45, 7) is 4.43. The predicted molar refractivity (Wildman–Crippen MR) is 65.2 cm³/mol. The topological polar surface area (TPSA) is 26.3 Å². The van der Waals surface area contributed by atoms with Gasteiger partial charge in [-0.05, 0) is 24.8 Å². The number of rotatable bonds is 6. The molecule has 16 heavy (non-hydrogen) atoms. The highest BCUT2D eigenvalue weighted by Gasteiger charge is 2.13. The van der Waals surface area contributed by atoms with Crippen LogP contribution in [0.1, 0.15) is 32.3 Å². The van der Waals surface area contributed by atoms with E-state index in [0.29, 0.717) is 18.9 Å². The predicted octanol–water partition coefficient (Wildman–Crippen LogP) is 3.21. The molecule has 0 spiro atoms. The molecule has 2 nitrogen and oxygen atoms in total. The van der Waals surface area contributed by atoms with Gasteiger partial charge >= 0.3 is 5.97 Å². The average molecular weight is 220 g/mol. The molecule has 0 aliphatic carbocycles. The monoisotopic (exact) mass is 220 g/mol. The van der Waals surface area contributed by atoms with E-state index in [2.05, 4.69) is 19.1 Å². The van der Waals surface area contributed by atoms with Crippen LogP contribution in [0.2, 0.25) is 0 Å². The minimum Gasteiger partial charge on any atom is -0.466 e. The van der Waals surface area contributed by atoms with Gasteiger partial charge in [-0.1, -0.05) is 43.7 Å². The first-order valence-corrected chi connectivity index (χ1v) is 5.95. The first kappa shape index (κ1) is 12.8. The number of benzene rings is 1. The van der Waals surface area contributed by atoms with Gasteiger partial charge in [0, 0.05) is 6.42 Å². The molecule has 0 aliphatic rings. The molecule has 1 aromatic carbocycles. The number of hydrogen-bond donors (Lipinski definition) is 0. The summed E-state index contributed by atoms with van der Waals surface area (Å²) >= 11 is 0. The summed E-state index contributed by atoms with van der Waals surface area (Å²) in [4.78, 5) is 11.4. The number of hydrogen-bond acceptors (Lipinski definition) is 2. The van der Waals surface area contributed by atoms with Crippen molar-refractivity contribution in [1.29, 1.82) is 0 Å². The molecule has 1 aromatic rings. The van der Waals surface area contributed by atoms with Crippen molar-refractivity contribution in [2.24, 2.45) is 5.92 Å². The van der Waals surface area contributed by atoms with Gasteiger partial charge < -0.3 is 4.74 Å². The Balaban J connectivity index is 2.46. The summed E-state index contributed by atoms with van der Waals surface area (Å²) in [5.74, 6) is 0.312. The van der Waals surface area contributed by atoms with Crippen LogP contribution in [0.25, 0.3) is 0 Å². The fraction of sp³-hybridized carbons (Fsp3) is 0.500. The molecule has 0 saturated carbocycles. The SMILES string of the molecule is CCOC(=O)CC(CC)Cc1ccccc1. The molecule has 0 aromatic heterocycles. The molecule has 0 radical (unpaired) electrons. The lowest BCUT2D eigenvalue weighted by Gasteiger charge is -2.13. The Morgan fingerprint density at radius 1 is 1.25 bits per heavy atom. The normalized spacial score (nSPS) is 12.1. The Hall–Kier alpha value is -1.31. The van der Waals surface area contributed by atoms with E-state index < -0.39 is 0 Å². The second kappa shape index (κ2) is 7.04. The molecule has 0 aliphatic heterocycles. The van der Waals surface area contributed by atoms with Crippen molar-refractivity contribution in [3.8, 4) is 0 Å². The van der Waals surface area contributed by atoms with Crippen LogP contribution in [0.5, 0.6) is 0 Å². The second-order valence-corrected chi connectivity index (χ2v) is 3.97. The first-order chi connectivity index (χ1) is 7.76. The van der Waals surface area contributed by atoms with Crippen LogP contribution in [0.3, 0.4) is 0 Å². The first-order valence-electron chi connectivity index (χ1n) is 5.95. The minimum atomic E-state index is -0.0784. The van der Waals surface area contributed by atoms with E-state index >= 15 is 0 Å². The maximum absolute atomic E-state index is 11.4. The Bertz CT molecular complexity index is 306. The molecule has 0 N–H and O–H groups in total. The Morgan fingerprint density at radius 2 is 1.94 bits per heavy atom. The van der Waals surface area contributed by atoms with E-state index in [0.717, 1.165) is 12.8 Å². The average Bonchev–Trinajstić information content (AvgIpc) is 2.30. The molecule has 0 heterocycles. The van der Waals surface area contributed by atoms with Crippen molar-refractivity contribution in [2.45, 2.75) is 33.1 Å². The van der Waals surface area contributed by atoms with E-state index in [9.17, 15) is 4.79 Å². The van der Waals surface area contributed by atoms with Crippen molar-refractivity contribution in [3.63, 3.8) is 0 Å². The van der Waals surface area contributed by atoms with Gasteiger partial charge in [-0.2, -0.15) is 0 Å². The summed E-state index contributed by atoms with van der Waals surface area (Å²) in [5.41, 5.74) is 1.29. The second-order valence-electron chi connectivity index (χ2n) is 3.97. The van der Waals surface area contributed by atoms with Crippen LogP contribution >= 0.6 is 0 Å². The van der Waals surface area contributed by atoms with E-state index in [4.69, 9.17) is 4.74 Å².